The minimum atomic E-state index is 0.502. The molecule has 4 saturated carbocycles. The smallest absolute Gasteiger partial charge is 0.122 e. The van der Waals surface area contributed by atoms with Crippen molar-refractivity contribution in [2.45, 2.75) is 133 Å². The van der Waals surface area contributed by atoms with Crippen LogP contribution >= 0.6 is 0 Å². The highest BCUT2D eigenvalue weighted by molar-refractivity contribution is 5.52. The van der Waals surface area contributed by atoms with Crippen LogP contribution in [0.2, 0.25) is 0 Å². The van der Waals surface area contributed by atoms with E-state index in [0.29, 0.717) is 35.2 Å². The molecule has 4 fully saturated rings. The molecule has 0 aromatic heterocycles. The summed E-state index contributed by atoms with van der Waals surface area (Å²) in [7, 11) is 0. The van der Waals surface area contributed by atoms with Crippen molar-refractivity contribution in [2.24, 2.45) is 0 Å². The molecule has 2 N–H and O–H groups in total. The van der Waals surface area contributed by atoms with Gasteiger partial charge in [-0.05, 0) is 108 Å². The van der Waals surface area contributed by atoms with Gasteiger partial charge in [-0.3, -0.25) is 0 Å². The summed E-state index contributed by atoms with van der Waals surface area (Å²) in [6.07, 6.45) is 21.0. The molecule has 35 heavy (non-hydrogen) atoms. The van der Waals surface area contributed by atoms with Crippen LogP contribution in [0.15, 0.2) is 24.3 Å². The monoisotopic (exact) mass is 472 g/mol. The van der Waals surface area contributed by atoms with E-state index in [0.717, 1.165) is 12.0 Å². The van der Waals surface area contributed by atoms with Crippen LogP contribution in [0.25, 0.3) is 0 Å². The lowest BCUT2D eigenvalue weighted by atomic mass is 9.84. The molecule has 0 unspecified atom stereocenters. The molecule has 0 atom stereocenters. The summed E-state index contributed by atoms with van der Waals surface area (Å²) in [6.45, 7) is 0. The first-order chi connectivity index (χ1) is 17.2. The third-order valence-electron chi connectivity index (χ3n) is 10.1. The Morgan fingerprint density at radius 3 is 1.34 bits per heavy atom. The Labute approximate surface area is 212 Å². The van der Waals surface area contributed by atoms with E-state index in [4.69, 9.17) is 0 Å². The van der Waals surface area contributed by atoms with Gasteiger partial charge in [-0.25, -0.2) is 0 Å². The molecule has 2 aromatic carbocycles. The number of benzene rings is 2. The van der Waals surface area contributed by atoms with Gasteiger partial charge in [0.2, 0.25) is 0 Å². The van der Waals surface area contributed by atoms with Crippen molar-refractivity contribution in [2.75, 3.05) is 0 Å². The maximum atomic E-state index is 11.5. The largest absolute Gasteiger partial charge is 0.507 e. The maximum absolute atomic E-state index is 11.5. The molecule has 0 heterocycles. The summed E-state index contributed by atoms with van der Waals surface area (Å²) in [4.78, 5) is 0. The molecule has 0 radical (unpaired) electrons. The van der Waals surface area contributed by atoms with Crippen LogP contribution in [0.4, 0.5) is 0 Å². The summed E-state index contributed by atoms with van der Waals surface area (Å²) in [6, 6.07) is 9.35. The lowest BCUT2D eigenvalue weighted by molar-refractivity contribution is 0.446. The van der Waals surface area contributed by atoms with Gasteiger partial charge in [0.05, 0.1) is 0 Å². The Kier molecular flexibility index (Phi) is 6.82. The van der Waals surface area contributed by atoms with Gasteiger partial charge < -0.3 is 10.2 Å². The Hall–Kier alpha value is -1.96. The zero-order chi connectivity index (χ0) is 23.8. The van der Waals surface area contributed by atoms with E-state index in [1.165, 1.54) is 131 Å². The van der Waals surface area contributed by atoms with Crippen molar-refractivity contribution in [1.29, 1.82) is 0 Å². The molecule has 4 aliphatic rings. The van der Waals surface area contributed by atoms with E-state index in [-0.39, 0.29) is 0 Å². The van der Waals surface area contributed by atoms with Crippen LogP contribution in [0.1, 0.15) is 160 Å². The Morgan fingerprint density at radius 2 is 0.886 bits per heavy atom. The highest BCUT2D eigenvalue weighted by atomic mass is 16.3. The van der Waals surface area contributed by atoms with Gasteiger partial charge in [-0.15, -0.1) is 0 Å². The fraction of sp³-hybridized carbons (Fsp3) is 0.636. The van der Waals surface area contributed by atoms with Crippen LogP contribution in [0, 0.1) is 0 Å². The van der Waals surface area contributed by atoms with E-state index in [1.807, 2.05) is 0 Å². The minimum Gasteiger partial charge on any atom is -0.507 e. The van der Waals surface area contributed by atoms with E-state index >= 15 is 0 Å². The lowest BCUT2D eigenvalue weighted by Gasteiger charge is -2.22. The minimum absolute atomic E-state index is 0.502. The van der Waals surface area contributed by atoms with Crippen molar-refractivity contribution in [3.63, 3.8) is 0 Å². The van der Waals surface area contributed by atoms with Crippen LogP contribution in [-0.2, 0) is 6.42 Å². The number of phenols is 2. The molecule has 0 amide bonds. The second-order valence-electron chi connectivity index (χ2n) is 12.3. The van der Waals surface area contributed by atoms with Gasteiger partial charge in [0.15, 0.2) is 0 Å². The lowest BCUT2D eigenvalue weighted by Crippen LogP contribution is -2.05. The van der Waals surface area contributed by atoms with E-state index in [9.17, 15) is 10.2 Å². The van der Waals surface area contributed by atoms with Gasteiger partial charge in [-0.2, -0.15) is 0 Å². The third kappa shape index (κ3) is 4.75. The van der Waals surface area contributed by atoms with Crippen molar-refractivity contribution < 1.29 is 10.2 Å². The van der Waals surface area contributed by atoms with Crippen LogP contribution in [0.3, 0.4) is 0 Å². The standard InChI is InChI=1S/C33H44O2/c34-32-28(20-27(23-9-1-2-10-23)21-31(32)26-15-7-8-16-26)17-22-18-29(24-11-3-4-12-24)33(35)30(19-22)25-13-5-6-14-25/h18-21,23-26,34-35H,1-17H2. The molecule has 0 spiro atoms. The summed E-state index contributed by atoms with van der Waals surface area (Å²) >= 11 is 0. The molecule has 0 saturated heterocycles. The van der Waals surface area contributed by atoms with Crippen molar-refractivity contribution in [3.05, 3.63) is 57.6 Å². The summed E-state index contributed by atoms with van der Waals surface area (Å²) in [5, 5.41) is 22.9. The van der Waals surface area contributed by atoms with Gasteiger partial charge in [0.1, 0.15) is 11.5 Å². The Balaban J connectivity index is 1.40. The topological polar surface area (TPSA) is 40.5 Å². The van der Waals surface area contributed by atoms with E-state index in [1.54, 1.807) is 0 Å². The number of hydrogen-bond acceptors (Lipinski definition) is 2. The van der Waals surface area contributed by atoms with Gasteiger partial charge in [0.25, 0.3) is 0 Å². The predicted octanol–water partition coefficient (Wildman–Crippen LogP) is 9.32. The maximum Gasteiger partial charge on any atom is 0.122 e. The van der Waals surface area contributed by atoms with E-state index in [2.05, 4.69) is 24.3 Å². The molecule has 0 bridgehead atoms. The molecular weight excluding hydrogens is 428 g/mol. The summed E-state index contributed by atoms with van der Waals surface area (Å²) in [5.41, 5.74) is 7.52. The highest BCUT2D eigenvalue weighted by Crippen LogP contribution is 2.47. The number of aromatic hydroxyl groups is 2. The molecular formula is C33H44O2. The number of rotatable bonds is 6. The van der Waals surface area contributed by atoms with Crippen molar-refractivity contribution >= 4 is 0 Å². The first kappa shape index (κ1) is 23.4. The molecule has 4 aliphatic carbocycles. The fourth-order valence-corrected chi connectivity index (χ4v) is 8.08. The van der Waals surface area contributed by atoms with Crippen LogP contribution < -0.4 is 0 Å². The Bertz CT molecular complexity index is 992. The van der Waals surface area contributed by atoms with Crippen LogP contribution in [0.5, 0.6) is 11.5 Å². The third-order valence-corrected chi connectivity index (χ3v) is 10.1. The highest BCUT2D eigenvalue weighted by Gasteiger charge is 2.29. The van der Waals surface area contributed by atoms with Crippen LogP contribution in [-0.4, -0.2) is 10.2 Å². The average Bonchev–Trinajstić information content (AvgIpc) is 3.69. The van der Waals surface area contributed by atoms with Gasteiger partial charge >= 0.3 is 0 Å². The zero-order valence-corrected chi connectivity index (χ0v) is 21.5. The molecule has 6 rings (SSSR count). The predicted molar refractivity (Wildman–Crippen MR) is 144 cm³/mol. The quantitative estimate of drug-likeness (QED) is 0.439. The second-order valence-corrected chi connectivity index (χ2v) is 12.3. The number of phenolic OH excluding ortho intramolecular Hbond substituents is 2. The van der Waals surface area contributed by atoms with Crippen molar-refractivity contribution in [3.8, 4) is 11.5 Å². The molecule has 188 valence electrons. The summed E-state index contributed by atoms with van der Waals surface area (Å²) < 4.78 is 0. The fourth-order valence-electron chi connectivity index (χ4n) is 8.08. The zero-order valence-electron chi connectivity index (χ0n) is 21.5. The SMILES string of the molecule is Oc1c(Cc2cc(C3CCCC3)c(O)c(C3CCCC3)c2)cc(C2CCCC2)cc1C1CCCC1. The van der Waals surface area contributed by atoms with Gasteiger partial charge in [-0.1, -0.05) is 75.6 Å². The molecule has 0 aliphatic heterocycles. The second kappa shape index (κ2) is 10.2. The van der Waals surface area contributed by atoms with Crippen molar-refractivity contribution in [1.82, 2.24) is 0 Å². The first-order valence-electron chi connectivity index (χ1n) is 14.9. The summed E-state index contributed by atoms with van der Waals surface area (Å²) in [5.74, 6) is 3.36. The van der Waals surface area contributed by atoms with Gasteiger partial charge in [0, 0.05) is 6.42 Å². The average molecular weight is 473 g/mol. The molecule has 2 heteroatoms. The molecule has 2 aromatic rings. The number of hydrogen-bond donors (Lipinski definition) is 2. The normalized spacial score (nSPS) is 22.6. The molecule has 2 nitrogen and oxygen atoms in total. The first-order valence-corrected chi connectivity index (χ1v) is 14.9. The Morgan fingerprint density at radius 1 is 0.486 bits per heavy atom. The van der Waals surface area contributed by atoms with E-state index < -0.39 is 0 Å².